The van der Waals surface area contributed by atoms with E-state index in [4.69, 9.17) is 4.74 Å². The molecular weight excluding hydrogens is 298 g/mol. The molecule has 0 radical (unpaired) electrons. The van der Waals surface area contributed by atoms with Crippen LogP contribution in [0, 0.1) is 0 Å². The first-order valence-electron chi connectivity index (χ1n) is 9.67. The number of likely N-dealkylation sites (tertiary alicyclic amines) is 1. The molecule has 1 N–H and O–H groups in total. The molecule has 1 aromatic carbocycles. The first-order chi connectivity index (χ1) is 11.8. The van der Waals surface area contributed by atoms with Crippen LogP contribution in [0.15, 0.2) is 30.3 Å². The van der Waals surface area contributed by atoms with E-state index >= 15 is 0 Å². The molecule has 0 aliphatic carbocycles. The van der Waals surface area contributed by atoms with E-state index in [0.29, 0.717) is 24.2 Å². The van der Waals surface area contributed by atoms with E-state index in [-0.39, 0.29) is 0 Å². The normalized spacial score (nSPS) is 32.8. The highest BCUT2D eigenvalue weighted by Crippen LogP contribution is 2.25. The van der Waals surface area contributed by atoms with Crippen molar-refractivity contribution in [3.05, 3.63) is 35.9 Å². The van der Waals surface area contributed by atoms with Gasteiger partial charge in [-0.1, -0.05) is 30.3 Å². The van der Waals surface area contributed by atoms with E-state index in [1.54, 1.807) is 0 Å². The molecule has 132 valence electrons. The molecular formula is C20H31N3O. The molecule has 24 heavy (non-hydrogen) atoms. The third-order valence-corrected chi connectivity index (χ3v) is 6.15. The van der Waals surface area contributed by atoms with Crippen LogP contribution in [0.1, 0.15) is 37.8 Å². The van der Waals surface area contributed by atoms with Crippen LogP contribution in [0.25, 0.3) is 0 Å². The lowest BCUT2D eigenvalue weighted by molar-refractivity contribution is -0.0477. The molecule has 3 fully saturated rings. The predicted octanol–water partition coefficient (Wildman–Crippen LogP) is 2.27. The zero-order chi connectivity index (χ0) is 16.4. The van der Waals surface area contributed by atoms with Crippen LogP contribution >= 0.6 is 0 Å². The highest BCUT2D eigenvalue weighted by molar-refractivity contribution is 5.18. The van der Waals surface area contributed by atoms with Gasteiger partial charge in [0.25, 0.3) is 0 Å². The molecule has 0 saturated carbocycles. The first kappa shape index (κ1) is 16.5. The molecule has 3 heterocycles. The fourth-order valence-corrected chi connectivity index (χ4v) is 4.56. The number of rotatable bonds is 5. The number of benzene rings is 1. The van der Waals surface area contributed by atoms with Gasteiger partial charge >= 0.3 is 0 Å². The minimum Gasteiger partial charge on any atom is -0.374 e. The molecule has 3 saturated heterocycles. The van der Waals surface area contributed by atoms with Crippen LogP contribution in [0.2, 0.25) is 0 Å². The lowest BCUT2D eigenvalue weighted by Crippen LogP contribution is -2.50. The third-order valence-electron chi connectivity index (χ3n) is 6.15. The van der Waals surface area contributed by atoms with Crippen molar-refractivity contribution in [2.24, 2.45) is 0 Å². The predicted molar refractivity (Wildman–Crippen MR) is 97.2 cm³/mol. The largest absolute Gasteiger partial charge is 0.374 e. The van der Waals surface area contributed by atoms with Gasteiger partial charge in [0, 0.05) is 44.3 Å². The molecule has 0 aromatic heterocycles. The van der Waals surface area contributed by atoms with Crippen molar-refractivity contribution in [1.29, 1.82) is 0 Å². The highest BCUT2D eigenvalue weighted by atomic mass is 16.5. The minimum atomic E-state index is 0.375. The van der Waals surface area contributed by atoms with Gasteiger partial charge in [-0.3, -0.25) is 9.80 Å². The van der Waals surface area contributed by atoms with Crippen molar-refractivity contribution in [2.45, 2.75) is 50.4 Å². The first-order valence-corrected chi connectivity index (χ1v) is 9.67. The van der Waals surface area contributed by atoms with Gasteiger partial charge in [0.05, 0.1) is 12.7 Å². The Bertz CT molecular complexity index is 523. The second-order valence-electron chi connectivity index (χ2n) is 7.72. The van der Waals surface area contributed by atoms with Gasteiger partial charge in [-0.05, 0) is 38.3 Å². The Balaban J connectivity index is 1.23. The van der Waals surface area contributed by atoms with Gasteiger partial charge in [-0.15, -0.1) is 0 Å². The summed E-state index contributed by atoms with van der Waals surface area (Å²) in [7, 11) is 0. The summed E-state index contributed by atoms with van der Waals surface area (Å²) >= 11 is 0. The van der Waals surface area contributed by atoms with Crippen molar-refractivity contribution in [2.75, 3.05) is 39.3 Å². The monoisotopic (exact) mass is 329 g/mol. The van der Waals surface area contributed by atoms with Crippen LogP contribution < -0.4 is 5.32 Å². The maximum atomic E-state index is 6.08. The Morgan fingerprint density at radius 1 is 1.17 bits per heavy atom. The van der Waals surface area contributed by atoms with Crippen LogP contribution in [-0.2, 0) is 4.74 Å². The molecule has 4 atom stereocenters. The second-order valence-corrected chi connectivity index (χ2v) is 7.72. The summed E-state index contributed by atoms with van der Waals surface area (Å²) < 4.78 is 6.08. The third kappa shape index (κ3) is 3.67. The maximum absolute atomic E-state index is 6.08. The number of hydrogen-bond acceptors (Lipinski definition) is 4. The molecule has 0 spiro atoms. The molecule has 1 aromatic rings. The van der Waals surface area contributed by atoms with Gasteiger partial charge in [-0.25, -0.2) is 0 Å². The molecule has 4 rings (SSSR count). The summed E-state index contributed by atoms with van der Waals surface area (Å²) in [4.78, 5) is 5.24. The Morgan fingerprint density at radius 3 is 2.92 bits per heavy atom. The summed E-state index contributed by atoms with van der Waals surface area (Å²) in [5.41, 5.74) is 1.42. The second kappa shape index (κ2) is 7.52. The Kier molecular flexibility index (Phi) is 5.18. The maximum Gasteiger partial charge on any atom is 0.0827 e. The van der Waals surface area contributed by atoms with Gasteiger partial charge in [0.2, 0.25) is 0 Å². The van der Waals surface area contributed by atoms with E-state index in [0.717, 1.165) is 26.2 Å². The Hall–Kier alpha value is -0.940. The van der Waals surface area contributed by atoms with Crippen molar-refractivity contribution in [1.82, 2.24) is 15.1 Å². The molecule has 0 bridgehead atoms. The van der Waals surface area contributed by atoms with Crippen molar-refractivity contribution >= 4 is 0 Å². The summed E-state index contributed by atoms with van der Waals surface area (Å²) in [6, 6.07) is 12.7. The Labute approximate surface area is 146 Å². The molecule has 0 unspecified atom stereocenters. The number of fused-ring (bicyclic) bond motifs is 1. The smallest absolute Gasteiger partial charge is 0.0827 e. The molecule has 3 aliphatic heterocycles. The molecule has 4 heteroatoms. The topological polar surface area (TPSA) is 27.7 Å². The van der Waals surface area contributed by atoms with E-state index in [1.165, 1.54) is 37.9 Å². The van der Waals surface area contributed by atoms with Gasteiger partial charge in [0.1, 0.15) is 0 Å². The van der Waals surface area contributed by atoms with Crippen LogP contribution in [0.4, 0.5) is 0 Å². The fourth-order valence-electron chi connectivity index (χ4n) is 4.56. The standard InChI is InChI=1S/C20H31N3O/c1-16(17-6-3-2-4-7-17)22-11-9-18(13-22)21-12-20-14-23-10-5-8-19(23)15-24-20/h2-4,6-7,16,18-21H,5,8-15H2,1H3/t16-,18+,19+,20+/m1/s1. The van der Waals surface area contributed by atoms with E-state index < -0.39 is 0 Å². The quantitative estimate of drug-likeness (QED) is 0.897. The van der Waals surface area contributed by atoms with Crippen molar-refractivity contribution < 1.29 is 4.74 Å². The van der Waals surface area contributed by atoms with E-state index in [2.05, 4.69) is 52.4 Å². The SMILES string of the molecule is C[C@H](c1ccccc1)N1CC[C@H](NC[C@H]2CN3CCC[C@H]3CO2)C1. The molecule has 0 amide bonds. The average molecular weight is 329 g/mol. The summed E-state index contributed by atoms with van der Waals surface area (Å²) in [6.45, 7) is 9.00. The van der Waals surface area contributed by atoms with E-state index in [9.17, 15) is 0 Å². The van der Waals surface area contributed by atoms with Crippen molar-refractivity contribution in [3.8, 4) is 0 Å². The van der Waals surface area contributed by atoms with Crippen LogP contribution in [-0.4, -0.2) is 67.3 Å². The zero-order valence-corrected chi connectivity index (χ0v) is 14.9. The van der Waals surface area contributed by atoms with Crippen LogP contribution in [0.5, 0.6) is 0 Å². The zero-order valence-electron chi connectivity index (χ0n) is 14.9. The fraction of sp³-hybridized carbons (Fsp3) is 0.700. The highest BCUT2D eigenvalue weighted by Gasteiger charge is 2.33. The number of nitrogens with one attached hydrogen (secondary N) is 1. The van der Waals surface area contributed by atoms with Crippen LogP contribution in [0.3, 0.4) is 0 Å². The summed E-state index contributed by atoms with van der Waals surface area (Å²) in [6.07, 6.45) is 4.30. The summed E-state index contributed by atoms with van der Waals surface area (Å²) in [5.74, 6) is 0. The van der Waals surface area contributed by atoms with Gasteiger partial charge < -0.3 is 10.1 Å². The number of morpholine rings is 1. The number of nitrogens with zero attached hydrogens (tertiary/aromatic N) is 2. The lowest BCUT2D eigenvalue weighted by atomic mass is 10.1. The number of hydrogen-bond donors (Lipinski definition) is 1. The average Bonchev–Trinajstić information content (AvgIpc) is 3.29. The molecule has 4 nitrogen and oxygen atoms in total. The lowest BCUT2D eigenvalue weighted by Gasteiger charge is -2.35. The van der Waals surface area contributed by atoms with Gasteiger partial charge in [-0.2, -0.15) is 0 Å². The molecule has 3 aliphatic rings. The Morgan fingerprint density at radius 2 is 2.04 bits per heavy atom. The summed E-state index contributed by atoms with van der Waals surface area (Å²) in [5, 5.41) is 3.77. The number of ether oxygens (including phenoxy) is 1. The minimum absolute atomic E-state index is 0.375. The van der Waals surface area contributed by atoms with E-state index in [1.807, 2.05) is 0 Å². The van der Waals surface area contributed by atoms with Crippen molar-refractivity contribution in [3.63, 3.8) is 0 Å². The van der Waals surface area contributed by atoms with Gasteiger partial charge in [0.15, 0.2) is 0 Å².